The van der Waals surface area contributed by atoms with Crippen LogP contribution < -0.4 is 28.6 Å². The molecule has 0 N–H and O–H groups in total. The summed E-state index contributed by atoms with van der Waals surface area (Å²) in [5.74, 6) is 0.856. The van der Waals surface area contributed by atoms with Gasteiger partial charge in [0, 0.05) is 71.3 Å². The summed E-state index contributed by atoms with van der Waals surface area (Å²) < 4.78 is 7.70. The van der Waals surface area contributed by atoms with E-state index >= 15 is 0 Å². The number of benzene rings is 4. The molecule has 0 bridgehead atoms. The van der Waals surface area contributed by atoms with Gasteiger partial charge in [0.1, 0.15) is 42.9 Å². The fraction of sp³-hybridized carbons (Fsp3) is 0.311. The Labute approximate surface area is 375 Å². The van der Waals surface area contributed by atoms with E-state index in [2.05, 4.69) is 63.6 Å². The van der Waals surface area contributed by atoms with Crippen LogP contribution in [0.15, 0.2) is 145 Å². The Morgan fingerprint density at radius 2 is 1.15 bits per heavy atom. The van der Waals surface area contributed by atoms with E-state index in [4.69, 9.17) is 5.26 Å². The fourth-order valence-corrected chi connectivity index (χ4v) is 6.63. The van der Waals surface area contributed by atoms with E-state index in [1.807, 2.05) is 179 Å². The zero-order valence-corrected chi connectivity index (χ0v) is 36.5. The predicted octanol–water partition coefficient (Wildman–Crippen LogP) is 11.2. The maximum absolute atomic E-state index is 8.58. The minimum Gasteiger partial charge on any atom is -0.378 e. The zero-order chi connectivity index (χ0) is 42.3. The Morgan fingerprint density at radius 1 is 0.645 bits per heavy atom. The first kappa shape index (κ1) is 51.4. The van der Waals surface area contributed by atoms with Crippen LogP contribution in [0.4, 0.5) is 50.2 Å². The van der Waals surface area contributed by atoms with Crippen LogP contribution >= 0.6 is 22.7 Å². The molecule has 0 atom stereocenters. The highest BCUT2D eigenvalue weighted by molar-refractivity contribution is 7.13. The van der Waals surface area contributed by atoms with Crippen molar-refractivity contribution < 1.29 is 13.9 Å². The maximum Gasteiger partial charge on any atom is 0.429 e. The van der Waals surface area contributed by atoms with Crippen LogP contribution in [0.1, 0.15) is 28.7 Å². The molecule has 0 saturated carbocycles. The number of aryl methyl sites for hydroxylation is 3. The van der Waals surface area contributed by atoms with Crippen molar-refractivity contribution in [1.82, 2.24) is 9.78 Å². The summed E-state index contributed by atoms with van der Waals surface area (Å²) in [4.78, 5) is 6.15. The summed E-state index contributed by atoms with van der Waals surface area (Å²) >= 11 is 3.01. The van der Waals surface area contributed by atoms with Gasteiger partial charge in [0.05, 0.1) is 45.8 Å². The Bertz CT molecular complexity index is 2530. The minimum absolute atomic E-state index is 0. The molecular formula is C45H62N15S2+3. The molecule has 0 saturated heterocycles. The SMILES string of the molecule is C.C.C.CN(C)c1ccc(N=Nc2c3ccccc3n(C)[n+]2C)cc1.CN(C)c1ccc(N=Nc2scn[n+]2C)cc1.CN(CCC#N)c1ccc(N=Nc2scc[n+]2C)cc1. The van der Waals surface area contributed by atoms with E-state index < -0.39 is 0 Å². The van der Waals surface area contributed by atoms with E-state index in [0.29, 0.717) is 6.42 Å². The lowest BCUT2D eigenvalue weighted by atomic mass is 10.2. The van der Waals surface area contributed by atoms with E-state index in [-0.39, 0.29) is 22.3 Å². The van der Waals surface area contributed by atoms with Crippen molar-refractivity contribution in [2.75, 3.05) is 56.5 Å². The molecule has 17 heteroatoms. The number of azo groups is 3. The lowest BCUT2D eigenvalue weighted by Crippen LogP contribution is -2.36. The van der Waals surface area contributed by atoms with Crippen molar-refractivity contribution in [1.29, 1.82) is 5.26 Å². The zero-order valence-electron chi connectivity index (χ0n) is 34.9. The second kappa shape index (κ2) is 25.1. The third kappa shape index (κ3) is 14.2. The van der Waals surface area contributed by atoms with Gasteiger partial charge >= 0.3 is 16.1 Å². The molecule has 4 aromatic carbocycles. The molecule has 0 aliphatic carbocycles. The van der Waals surface area contributed by atoms with Crippen LogP contribution in [0.3, 0.4) is 0 Å². The lowest BCUT2D eigenvalue weighted by Gasteiger charge is -2.17. The van der Waals surface area contributed by atoms with Crippen LogP contribution in [0.2, 0.25) is 0 Å². The quantitative estimate of drug-likeness (QED) is 0.0941. The molecule has 0 radical (unpaired) electrons. The van der Waals surface area contributed by atoms with Crippen molar-refractivity contribution in [2.24, 2.45) is 58.9 Å². The monoisotopic (exact) mass is 876 g/mol. The Kier molecular flexibility index (Phi) is 20.8. The second-order valence-corrected chi connectivity index (χ2v) is 15.3. The molecule has 0 fully saturated rings. The van der Waals surface area contributed by atoms with Gasteiger partial charge < -0.3 is 14.7 Å². The van der Waals surface area contributed by atoms with Gasteiger partial charge in [-0.3, -0.25) is 0 Å². The smallest absolute Gasteiger partial charge is 0.378 e. The molecule has 7 aromatic rings. The number of hydrogen-bond acceptors (Lipinski definition) is 13. The van der Waals surface area contributed by atoms with E-state index in [0.717, 1.165) is 67.7 Å². The summed E-state index contributed by atoms with van der Waals surface area (Å²) in [7, 11) is 17.8. The number of nitriles is 1. The summed E-state index contributed by atoms with van der Waals surface area (Å²) in [6.45, 7) is 0.725. The molecular weight excluding hydrogens is 815 g/mol. The molecule has 326 valence electrons. The highest BCUT2D eigenvalue weighted by Gasteiger charge is 2.19. The maximum atomic E-state index is 8.58. The molecule has 0 unspecified atom stereocenters. The highest BCUT2D eigenvalue weighted by Crippen LogP contribution is 2.26. The lowest BCUT2D eigenvalue weighted by molar-refractivity contribution is -0.737. The molecule has 0 amide bonds. The van der Waals surface area contributed by atoms with Gasteiger partial charge in [-0.1, -0.05) is 39.5 Å². The fourth-order valence-electron chi connectivity index (χ4n) is 5.38. The Balaban J connectivity index is 0.000000315. The van der Waals surface area contributed by atoms with Crippen LogP contribution in [0.5, 0.6) is 0 Å². The van der Waals surface area contributed by atoms with Gasteiger partial charge in [-0.25, -0.2) is 9.25 Å². The third-order valence-electron chi connectivity index (χ3n) is 9.01. The molecule has 0 spiro atoms. The van der Waals surface area contributed by atoms with E-state index in [9.17, 15) is 0 Å². The van der Waals surface area contributed by atoms with Crippen molar-refractivity contribution in [3.05, 3.63) is 114 Å². The number of para-hydroxylation sites is 1. The first-order valence-electron chi connectivity index (χ1n) is 18.6. The molecule has 3 aromatic heterocycles. The van der Waals surface area contributed by atoms with Crippen LogP contribution in [-0.2, 0) is 28.2 Å². The van der Waals surface area contributed by atoms with Gasteiger partial charge in [-0.05, 0) is 123 Å². The number of hydrogen-bond donors (Lipinski definition) is 0. The molecule has 7 rings (SSSR count). The van der Waals surface area contributed by atoms with Crippen molar-refractivity contribution in [3.63, 3.8) is 0 Å². The topological polar surface area (TPSA) is 137 Å². The number of aromatic nitrogens is 5. The highest BCUT2D eigenvalue weighted by atomic mass is 32.1. The first-order chi connectivity index (χ1) is 28.4. The molecule has 0 aliphatic heterocycles. The van der Waals surface area contributed by atoms with Crippen molar-refractivity contribution in [2.45, 2.75) is 28.7 Å². The molecule has 15 nitrogen and oxygen atoms in total. The standard InChI is InChI=1S/C17H20N5.C14H16N5S.C11H14N5S.3CH4/c1-20(2)14-11-9-13(10-12-14)18-19-17-15-7-5-6-8-16(15)21(3)22(17)4;1-18(9-3-8-15)13-6-4-12(5-7-13)16-17-14-19(2)10-11-20-14;1-15(2)10-6-4-9(5-7-10)13-14-11-16(3)12-8-17-11;;;/h5-12H,1-4H3;4-7,10-11H,3,9H2,1-2H3;4-8H,1-3H3;3*1H4/q3*+1;;;. The van der Waals surface area contributed by atoms with Crippen LogP contribution in [-0.4, -0.2) is 51.6 Å². The summed E-state index contributed by atoms with van der Waals surface area (Å²) in [5.41, 5.74) is 8.74. The largest absolute Gasteiger partial charge is 0.429 e. The minimum atomic E-state index is 0. The van der Waals surface area contributed by atoms with Gasteiger partial charge in [0.25, 0.3) is 0 Å². The predicted molar refractivity (Wildman–Crippen MR) is 257 cm³/mol. The molecule has 62 heavy (non-hydrogen) atoms. The average molecular weight is 877 g/mol. The summed E-state index contributed by atoms with van der Waals surface area (Å²) in [6, 6.07) is 34.1. The summed E-state index contributed by atoms with van der Waals surface area (Å²) in [5, 5.41) is 42.9. The van der Waals surface area contributed by atoms with Gasteiger partial charge in [-0.15, -0.1) is 4.68 Å². The summed E-state index contributed by atoms with van der Waals surface area (Å²) in [6.07, 6.45) is 2.47. The number of nitrogens with zero attached hydrogens (tertiary/aromatic N) is 15. The first-order valence-corrected chi connectivity index (χ1v) is 20.4. The van der Waals surface area contributed by atoms with Crippen molar-refractivity contribution >= 4 is 83.8 Å². The van der Waals surface area contributed by atoms with Gasteiger partial charge in [-0.2, -0.15) is 9.94 Å². The van der Waals surface area contributed by atoms with E-state index in [1.54, 1.807) is 21.5 Å². The van der Waals surface area contributed by atoms with Gasteiger partial charge in [0.15, 0.2) is 0 Å². The number of rotatable bonds is 11. The van der Waals surface area contributed by atoms with E-state index in [1.165, 1.54) is 11.3 Å². The molecule has 3 heterocycles. The van der Waals surface area contributed by atoms with Crippen molar-refractivity contribution in [3.8, 4) is 6.07 Å². The normalized spacial score (nSPS) is 10.5. The number of anilines is 3. The van der Waals surface area contributed by atoms with Gasteiger partial charge in [0.2, 0.25) is 0 Å². The van der Waals surface area contributed by atoms with Crippen LogP contribution in [0.25, 0.3) is 10.9 Å². The Hall–Kier alpha value is -6.77. The average Bonchev–Trinajstić information content (AvgIpc) is 3.94. The number of thiazole rings is 1. The Morgan fingerprint density at radius 3 is 1.61 bits per heavy atom. The third-order valence-corrected chi connectivity index (χ3v) is 10.6. The van der Waals surface area contributed by atoms with Crippen LogP contribution in [0, 0.1) is 11.3 Å². The second-order valence-electron chi connectivity index (χ2n) is 13.6. The molecule has 0 aliphatic rings. The number of fused-ring (bicyclic) bond motifs is 1.